The Hall–Kier alpha value is -2.27. The van der Waals surface area contributed by atoms with Crippen LogP contribution in [-0.4, -0.2) is 19.7 Å². The third kappa shape index (κ3) is 5.51. The standard InChI is InChI=1S/C23H19BF3N4O2.K/c1-14-15(10-16(30-31-28)11-22(14)24(25,26)27)12-29-23(32)33-13-21-19-8-4-2-6-17(19)18-7-3-5-9-20(18)21;/h2-11,21H,12-13H2,1H3,(H,29,32);/q-1;+1. The predicted octanol–water partition coefficient (Wildman–Crippen LogP) is 3.03. The largest absolute Gasteiger partial charge is 1.00 e. The minimum atomic E-state index is -5.31. The number of fused-ring (bicyclic) bond motifs is 3. The van der Waals surface area contributed by atoms with E-state index in [1.165, 1.54) is 13.0 Å². The number of hydrogen-bond acceptors (Lipinski definition) is 3. The van der Waals surface area contributed by atoms with Gasteiger partial charge in [0.25, 0.3) is 0 Å². The number of ether oxygens (including phenoxy) is 1. The second-order valence-electron chi connectivity index (χ2n) is 7.76. The predicted molar refractivity (Wildman–Crippen MR) is 121 cm³/mol. The summed E-state index contributed by atoms with van der Waals surface area (Å²) in [5.41, 5.74) is 12.0. The molecule has 0 aromatic heterocycles. The van der Waals surface area contributed by atoms with Crippen molar-refractivity contribution in [2.24, 2.45) is 5.11 Å². The summed E-state index contributed by atoms with van der Waals surface area (Å²) >= 11 is 0. The van der Waals surface area contributed by atoms with Crippen LogP contribution in [-0.2, 0) is 11.3 Å². The van der Waals surface area contributed by atoms with Crippen molar-refractivity contribution in [2.45, 2.75) is 19.4 Å². The van der Waals surface area contributed by atoms with Gasteiger partial charge in [0, 0.05) is 23.1 Å². The quantitative estimate of drug-likeness (QED) is 0.249. The summed E-state index contributed by atoms with van der Waals surface area (Å²) in [5, 5.41) is 5.79. The molecule has 4 rings (SSSR count). The van der Waals surface area contributed by atoms with E-state index in [4.69, 9.17) is 10.3 Å². The first-order valence-corrected chi connectivity index (χ1v) is 10.3. The van der Waals surface area contributed by atoms with Crippen molar-refractivity contribution in [1.29, 1.82) is 0 Å². The summed E-state index contributed by atoms with van der Waals surface area (Å²) in [6, 6.07) is 17.9. The molecule has 3 aromatic rings. The van der Waals surface area contributed by atoms with E-state index in [0.717, 1.165) is 28.3 Å². The van der Waals surface area contributed by atoms with Crippen molar-refractivity contribution >= 4 is 24.2 Å². The molecule has 0 fully saturated rings. The molecule has 6 nitrogen and oxygen atoms in total. The van der Waals surface area contributed by atoms with Crippen LogP contribution in [0.5, 0.6) is 0 Å². The summed E-state index contributed by atoms with van der Waals surface area (Å²) in [6.45, 7) is -4.10. The molecule has 0 saturated heterocycles. The van der Waals surface area contributed by atoms with E-state index in [0.29, 0.717) is 0 Å². The van der Waals surface area contributed by atoms with Crippen molar-refractivity contribution < 1.29 is 73.9 Å². The van der Waals surface area contributed by atoms with E-state index in [-0.39, 0.29) is 87.3 Å². The third-order valence-electron chi connectivity index (χ3n) is 5.82. The number of carbonyl (C=O) groups excluding carboxylic acids is 1. The van der Waals surface area contributed by atoms with Crippen LogP contribution in [0, 0.1) is 6.92 Å². The van der Waals surface area contributed by atoms with Crippen LogP contribution in [0.4, 0.5) is 23.4 Å². The van der Waals surface area contributed by atoms with E-state index < -0.39 is 18.5 Å². The zero-order chi connectivity index (χ0) is 23.6. The van der Waals surface area contributed by atoms with Gasteiger partial charge in [-0.2, -0.15) is 0 Å². The van der Waals surface area contributed by atoms with Gasteiger partial charge in [-0.15, -0.1) is 5.46 Å². The van der Waals surface area contributed by atoms with Gasteiger partial charge in [0.1, 0.15) is 6.61 Å². The van der Waals surface area contributed by atoms with Gasteiger partial charge in [0.15, 0.2) is 0 Å². The SMILES string of the molecule is Cc1c(CNC(=O)OCC2c3ccccc3-c3ccccc32)cc(N=[N+]=[N-])cc1[B-](F)(F)F.[K+]. The van der Waals surface area contributed by atoms with Gasteiger partial charge in [0.05, 0.1) is 0 Å². The van der Waals surface area contributed by atoms with Crippen molar-refractivity contribution in [3.8, 4) is 11.1 Å². The van der Waals surface area contributed by atoms with Crippen LogP contribution in [0.2, 0.25) is 0 Å². The number of benzene rings is 3. The Morgan fingerprint density at radius 3 is 2.24 bits per heavy atom. The van der Waals surface area contributed by atoms with Crippen LogP contribution >= 0.6 is 0 Å². The normalized spacial score (nSPS) is 12.1. The molecule has 0 spiro atoms. The summed E-state index contributed by atoms with van der Waals surface area (Å²) < 4.78 is 45.6. The number of carbonyl (C=O) groups is 1. The summed E-state index contributed by atoms with van der Waals surface area (Å²) in [7, 11) is 0. The first-order chi connectivity index (χ1) is 15.8. The minimum Gasteiger partial charge on any atom is -0.449 e. The number of azide groups is 1. The number of halogens is 3. The van der Waals surface area contributed by atoms with Crippen molar-refractivity contribution in [3.63, 3.8) is 0 Å². The van der Waals surface area contributed by atoms with Crippen molar-refractivity contribution in [3.05, 3.63) is 93.4 Å². The smallest absolute Gasteiger partial charge is 0.449 e. The third-order valence-corrected chi connectivity index (χ3v) is 5.82. The van der Waals surface area contributed by atoms with Crippen LogP contribution in [0.15, 0.2) is 65.8 Å². The second kappa shape index (κ2) is 11.0. The number of rotatable bonds is 6. The number of alkyl carbamates (subject to hydrolysis) is 1. The number of hydrogen-bond donors (Lipinski definition) is 1. The van der Waals surface area contributed by atoms with Crippen LogP contribution in [0.3, 0.4) is 0 Å². The maximum Gasteiger partial charge on any atom is 1.00 e. The minimum absolute atomic E-state index is 0. The molecule has 3 aromatic carbocycles. The average Bonchev–Trinajstić information content (AvgIpc) is 3.11. The van der Waals surface area contributed by atoms with E-state index in [1.54, 1.807) is 0 Å². The van der Waals surface area contributed by atoms with Gasteiger partial charge in [-0.05, 0) is 46.3 Å². The van der Waals surface area contributed by atoms with Crippen LogP contribution in [0.1, 0.15) is 28.2 Å². The summed E-state index contributed by atoms with van der Waals surface area (Å²) in [6.07, 6.45) is -0.746. The summed E-state index contributed by atoms with van der Waals surface area (Å²) in [5.74, 6) is -0.127. The maximum atomic E-state index is 13.4. The van der Waals surface area contributed by atoms with Crippen LogP contribution in [0.25, 0.3) is 21.6 Å². The molecule has 0 radical (unpaired) electrons. The summed E-state index contributed by atoms with van der Waals surface area (Å²) in [4.78, 5) is 14.9. The van der Waals surface area contributed by atoms with E-state index in [9.17, 15) is 17.7 Å². The molecule has 0 aliphatic heterocycles. The molecule has 34 heavy (non-hydrogen) atoms. The molecule has 11 heteroatoms. The molecular formula is C23H19BF3KN4O2. The number of nitrogens with zero attached hydrogens (tertiary/aromatic N) is 3. The van der Waals surface area contributed by atoms with Gasteiger partial charge in [-0.1, -0.05) is 65.3 Å². The second-order valence-corrected chi connectivity index (χ2v) is 7.76. The molecule has 0 atom stereocenters. The fourth-order valence-corrected chi connectivity index (χ4v) is 4.23. The van der Waals surface area contributed by atoms with E-state index in [2.05, 4.69) is 15.3 Å². The van der Waals surface area contributed by atoms with Gasteiger partial charge in [-0.25, -0.2) is 4.79 Å². The van der Waals surface area contributed by atoms with Gasteiger partial charge < -0.3 is 23.0 Å². The van der Waals surface area contributed by atoms with Gasteiger partial charge in [0.2, 0.25) is 0 Å². The zero-order valence-electron chi connectivity index (χ0n) is 18.6. The molecule has 1 aliphatic carbocycles. The van der Waals surface area contributed by atoms with E-state index >= 15 is 0 Å². The monoisotopic (exact) mass is 490 g/mol. The Morgan fingerprint density at radius 2 is 1.68 bits per heavy atom. The molecule has 0 bridgehead atoms. The Balaban J connectivity index is 0.00000324. The number of nitrogens with one attached hydrogen (secondary N) is 1. The molecule has 0 saturated carbocycles. The molecule has 168 valence electrons. The Morgan fingerprint density at radius 1 is 1.09 bits per heavy atom. The van der Waals surface area contributed by atoms with Crippen molar-refractivity contribution in [2.75, 3.05) is 6.61 Å². The molecule has 1 N–H and O–H groups in total. The van der Waals surface area contributed by atoms with Gasteiger partial charge in [-0.3, -0.25) is 0 Å². The zero-order valence-corrected chi connectivity index (χ0v) is 21.8. The first-order valence-electron chi connectivity index (χ1n) is 10.3. The fourth-order valence-electron chi connectivity index (χ4n) is 4.23. The first kappa shape index (κ1) is 26.3. The average molecular weight is 490 g/mol. The Bertz CT molecular complexity index is 1230. The van der Waals surface area contributed by atoms with Gasteiger partial charge >= 0.3 is 64.5 Å². The van der Waals surface area contributed by atoms with E-state index in [1.807, 2.05) is 48.5 Å². The molecular weight excluding hydrogens is 471 g/mol. The maximum absolute atomic E-state index is 13.4. The van der Waals surface area contributed by atoms with Crippen molar-refractivity contribution in [1.82, 2.24) is 5.32 Å². The molecule has 0 unspecified atom stereocenters. The molecule has 1 amide bonds. The van der Waals surface area contributed by atoms with Crippen LogP contribution < -0.4 is 62.2 Å². The number of amides is 1. The fraction of sp³-hybridized carbons (Fsp3) is 0.174. The topological polar surface area (TPSA) is 87.1 Å². The Kier molecular flexibility index (Phi) is 8.51. The molecule has 0 heterocycles. The molecule has 1 aliphatic rings. The Labute approximate surface area is 237 Å².